The quantitative estimate of drug-likeness (QED) is 0.621. The number of morpholine rings is 2. The minimum Gasteiger partial charge on any atom is -0.378 e. The van der Waals surface area contributed by atoms with E-state index in [-0.39, 0.29) is 17.8 Å². The van der Waals surface area contributed by atoms with Crippen molar-refractivity contribution in [1.82, 2.24) is 14.8 Å². The number of nitrogens with zero attached hydrogens (tertiary/aromatic N) is 3. The maximum absolute atomic E-state index is 13.4. The first kappa shape index (κ1) is 20.5. The number of carbonyl (C=O) groups excluding carboxylic acids is 1. The lowest BCUT2D eigenvalue weighted by Gasteiger charge is -2.34. The molecule has 5 rings (SSSR count). The molecule has 2 aliphatic heterocycles. The van der Waals surface area contributed by atoms with Crippen LogP contribution in [0.3, 0.4) is 0 Å². The smallest absolute Gasteiger partial charge is 0.264 e. The second-order valence-corrected chi connectivity index (χ2v) is 8.83. The molecule has 6 nitrogen and oxygen atoms in total. The standard InChI is InChI=1S/C23H24FN3O3S/c24-17-5-3-16(4-6-17)14-26-8-13-30-19(15-26)20-18-2-1-7-25-22(18)31-21(20)23(28)27-9-11-29-12-10-27/h1-7,19H,8-15H2/t19-/m0/s1. The fourth-order valence-corrected chi connectivity index (χ4v) is 5.37. The van der Waals surface area contributed by atoms with Crippen LogP contribution in [0.25, 0.3) is 10.2 Å². The third-order valence-electron chi connectivity index (χ3n) is 5.79. The molecule has 2 aromatic heterocycles. The van der Waals surface area contributed by atoms with Crippen LogP contribution in [0.4, 0.5) is 4.39 Å². The minimum absolute atomic E-state index is 0.0283. The zero-order chi connectivity index (χ0) is 21.2. The van der Waals surface area contributed by atoms with Crippen molar-refractivity contribution < 1.29 is 18.7 Å². The van der Waals surface area contributed by atoms with Crippen molar-refractivity contribution >= 4 is 27.5 Å². The Labute approximate surface area is 184 Å². The summed E-state index contributed by atoms with van der Waals surface area (Å²) in [5.41, 5.74) is 2.00. The van der Waals surface area contributed by atoms with Crippen LogP contribution >= 0.6 is 11.3 Å². The zero-order valence-corrected chi connectivity index (χ0v) is 17.9. The maximum atomic E-state index is 13.4. The maximum Gasteiger partial charge on any atom is 0.264 e. The lowest BCUT2D eigenvalue weighted by Crippen LogP contribution is -2.41. The van der Waals surface area contributed by atoms with Gasteiger partial charge in [0.1, 0.15) is 15.5 Å². The molecule has 0 bridgehead atoms. The minimum atomic E-state index is -0.230. The Hall–Kier alpha value is -2.39. The molecule has 0 N–H and O–H groups in total. The Morgan fingerprint density at radius 3 is 2.74 bits per heavy atom. The van der Waals surface area contributed by atoms with E-state index in [4.69, 9.17) is 9.47 Å². The molecule has 2 fully saturated rings. The molecule has 0 saturated carbocycles. The molecule has 31 heavy (non-hydrogen) atoms. The van der Waals surface area contributed by atoms with Crippen LogP contribution in [0.2, 0.25) is 0 Å². The highest BCUT2D eigenvalue weighted by Gasteiger charge is 2.32. The predicted octanol–water partition coefficient (Wildman–Crippen LogP) is 3.48. The van der Waals surface area contributed by atoms with Crippen LogP contribution in [0.5, 0.6) is 0 Å². The second kappa shape index (κ2) is 9.00. The average Bonchev–Trinajstić information content (AvgIpc) is 3.20. The van der Waals surface area contributed by atoms with Gasteiger partial charge in [-0.1, -0.05) is 18.2 Å². The number of halogens is 1. The lowest BCUT2D eigenvalue weighted by molar-refractivity contribution is -0.0325. The van der Waals surface area contributed by atoms with Crippen LogP contribution < -0.4 is 0 Å². The number of pyridine rings is 1. The Morgan fingerprint density at radius 1 is 1.13 bits per heavy atom. The molecule has 162 valence electrons. The number of thiophene rings is 1. The first-order valence-corrected chi connectivity index (χ1v) is 11.3. The summed E-state index contributed by atoms with van der Waals surface area (Å²) in [7, 11) is 0. The fourth-order valence-electron chi connectivity index (χ4n) is 4.21. The molecule has 0 spiro atoms. The van der Waals surface area contributed by atoms with E-state index >= 15 is 0 Å². The predicted molar refractivity (Wildman–Crippen MR) is 117 cm³/mol. The van der Waals surface area contributed by atoms with Crippen molar-refractivity contribution in [2.75, 3.05) is 46.0 Å². The molecule has 1 amide bonds. The van der Waals surface area contributed by atoms with Gasteiger partial charge in [0, 0.05) is 49.9 Å². The number of benzene rings is 1. The highest BCUT2D eigenvalue weighted by Crippen LogP contribution is 2.38. The summed E-state index contributed by atoms with van der Waals surface area (Å²) in [4.78, 5) is 23.6. The Bertz CT molecular complexity index is 1070. The molecule has 2 aliphatic rings. The van der Waals surface area contributed by atoms with Crippen LogP contribution in [-0.2, 0) is 16.0 Å². The Balaban J connectivity index is 1.44. The van der Waals surface area contributed by atoms with Crippen LogP contribution in [-0.4, -0.2) is 66.7 Å². The van der Waals surface area contributed by atoms with Crippen LogP contribution in [0, 0.1) is 5.82 Å². The van der Waals surface area contributed by atoms with Gasteiger partial charge in [-0.25, -0.2) is 9.37 Å². The molecule has 1 aromatic carbocycles. The fraction of sp³-hybridized carbons (Fsp3) is 0.391. The van der Waals surface area contributed by atoms with Gasteiger partial charge < -0.3 is 14.4 Å². The molecule has 0 aliphatic carbocycles. The summed E-state index contributed by atoms with van der Waals surface area (Å²) in [6.45, 7) is 5.08. The molecule has 1 atom stereocenters. The van der Waals surface area contributed by atoms with E-state index in [1.54, 1.807) is 6.20 Å². The third-order valence-corrected chi connectivity index (χ3v) is 6.91. The van der Waals surface area contributed by atoms with Gasteiger partial charge in [0.25, 0.3) is 5.91 Å². The lowest BCUT2D eigenvalue weighted by atomic mass is 10.0. The highest BCUT2D eigenvalue weighted by molar-refractivity contribution is 7.20. The van der Waals surface area contributed by atoms with Crippen molar-refractivity contribution in [3.05, 3.63) is 64.4 Å². The molecule has 0 unspecified atom stereocenters. The van der Waals surface area contributed by atoms with Crippen molar-refractivity contribution in [3.8, 4) is 0 Å². The van der Waals surface area contributed by atoms with Gasteiger partial charge in [0.15, 0.2) is 0 Å². The largest absolute Gasteiger partial charge is 0.378 e. The number of ether oxygens (including phenoxy) is 2. The highest BCUT2D eigenvalue weighted by atomic mass is 32.1. The van der Waals surface area contributed by atoms with Crippen molar-refractivity contribution in [1.29, 1.82) is 0 Å². The monoisotopic (exact) mass is 441 g/mol. The SMILES string of the molecule is O=C(c1sc2ncccc2c1[C@@H]1CN(Cc2ccc(F)cc2)CCO1)N1CCOCC1. The first-order chi connectivity index (χ1) is 15.2. The summed E-state index contributed by atoms with van der Waals surface area (Å²) >= 11 is 1.44. The number of hydrogen-bond acceptors (Lipinski definition) is 6. The van der Waals surface area contributed by atoms with E-state index in [0.29, 0.717) is 50.9 Å². The summed E-state index contributed by atoms with van der Waals surface area (Å²) in [6.07, 6.45) is 1.54. The van der Waals surface area contributed by atoms with Gasteiger partial charge in [0.2, 0.25) is 0 Å². The van der Waals surface area contributed by atoms with E-state index in [1.165, 1.54) is 23.5 Å². The molecular formula is C23H24FN3O3S. The molecule has 3 aromatic rings. The van der Waals surface area contributed by atoms with Crippen molar-refractivity contribution in [3.63, 3.8) is 0 Å². The second-order valence-electron chi connectivity index (χ2n) is 7.83. The zero-order valence-electron chi connectivity index (χ0n) is 17.1. The van der Waals surface area contributed by atoms with Gasteiger partial charge in [-0.3, -0.25) is 9.69 Å². The topological polar surface area (TPSA) is 54.9 Å². The first-order valence-electron chi connectivity index (χ1n) is 10.5. The van der Waals surface area contributed by atoms with E-state index in [9.17, 15) is 9.18 Å². The van der Waals surface area contributed by atoms with Gasteiger partial charge in [-0.05, 0) is 23.8 Å². The molecule has 8 heteroatoms. The normalized spacial score (nSPS) is 20.3. The summed E-state index contributed by atoms with van der Waals surface area (Å²) in [6, 6.07) is 10.5. The van der Waals surface area contributed by atoms with Gasteiger partial charge in [0.05, 0.1) is 25.9 Å². The number of hydrogen-bond donors (Lipinski definition) is 0. The van der Waals surface area contributed by atoms with E-state index in [1.807, 2.05) is 29.2 Å². The van der Waals surface area contributed by atoms with Gasteiger partial charge in [-0.15, -0.1) is 11.3 Å². The Morgan fingerprint density at radius 2 is 1.94 bits per heavy atom. The molecule has 2 saturated heterocycles. The Kier molecular flexibility index (Phi) is 5.95. The van der Waals surface area contributed by atoms with Crippen LogP contribution in [0.15, 0.2) is 42.6 Å². The summed E-state index contributed by atoms with van der Waals surface area (Å²) < 4.78 is 24.8. The number of carbonyl (C=O) groups is 1. The van der Waals surface area contributed by atoms with Gasteiger partial charge in [-0.2, -0.15) is 0 Å². The molecular weight excluding hydrogens is 417 g/mol. The van der Waals surface area contributed by atoms with E-state index < -0.39 is 0 Å². The van der Waals surface area contributed by atoms with Crippen LogP contribution in [0.1, 0.15) is 26.9 Å². The third kappa shape index (κ3) is 4.34. The van der Waals surface area contributed by atoms with Gasteiger partial charge >= 0.3 is 0 Å². The van der Waals surface area contributed by atoms with Crippen molar-refractivity contribution in [2.45, 2.75) is 12.6 Å². The number of aromatic nitrogens is 1. The van der Waals surface area contributed by atoms with E-state index in [2.05, 4.69) is 9.88 Å². The molecule has 0 radical (unpaired) electrons. The molecule has 4 heterocycles. The average molecular weight is 442 g/mol. The van der Waals surface area contributed by atoms with Crippen molar-refractivity contribution in [2.24, 2.45) is 0 Å². The number of rotatable bonds is 4. The summed E-state index contributed by atoms with van der Waals surface area (Å²) in [5.74, 6) is -0.201. The van der Waals surface area contributed by atoms with E-state index in [0.717, 1.165) is 27.9 Å². The summed E-state index contributed by atoms with van der Waals surface area (Å²) in [5, 5.41) is 0.984. The number of amides is 1. The number of fused-ring (bicyclic) bond motifs is 1.